The summed E-state index contributed by atoms with van der Waals surface area (Å²) in [5.41, 5.74) is 2.37. The van der Waals surface area contributed by atoms with Crippen molar-refractivity contribution in [2.75, 3.05) is 13.1 Å². The van der Waals surface area contributed by atoms with Crippen LogP contribution in [-0.4, -0.2) is 46.3 Å². The van der Waals surface area contributed by atoms with Crippen LogP contribution in [0, 0.1) is 6.92 Å². The monoisotopic (exact) mass is 340 g/mol. The molecule has 0 aromatic heterocycles. The van der Waals surface area contributed by atoms with Crippen molar-refractivity contribution < 1.29 is 15.0 Å². The maximum atomic E-state index is 12.3. The molecule has 0 aliphatic carbocycles. The van der Waals surface area contributed by atoms with Crippen molar-refractivity contribution in [1.82, 2.24) is 10.2 Å². The van der Waals surface area contributed by atoms with E-state index < -0.39 is 0 Å². The highest BCUT2D eigenvalue weighted by Gasteiger charge is 2.31. The molecule has 5 nitrogen and oxygen atoms in total. The number of carbonyl (C=O) groups is 1. The van der Waals surface area contributed by atoms with Crippen LogP contribution in [0.3, 0.4) is 0 Å². The molecule has 5 heteroatoms. The lowest BCUT2D eigenvalue weighted by atomic mass is 10.1. The Labute approximate surface area is 147 Å². The van der Waals surface area contributed by atoms with Gasteiger partial charge in [0.25, 0.3) is 5.91 Å². The van der Waals surface area contributed by atoms with E-state index >= 15 is 0 Å². The van der Waals surface area contributed by atoms with Crippen LogP contribution in [0.4, 0.5) is 0 Å². The van der Waals surface area contributed by atoms with Crippen molar-refractivity contribution in [3.8, 4) is 5.75 Å². The van der Waals surface area contributed by atoms with E-state index in [1.807, 2.05) is 25.1 Å². The molecule has 1 fully saturated rings. The number of benzene rings is 2. The molecule has 0 spiro atoms. The average Bonchev–Trinajstić information content (AvgIpc) is 2.93. The Morgan fingerprint density at radius 2 is 2.00 bits per heavy atom. The zero-order chi connectivity index (χ0) is 17.8. The molecule has 1 heterocycles. The normalized spacial score (nSPS) is 20.6. The van der Waals surface area contributed by atoms with Gasteiger partial charge in [-0.05, 0) is 36.6 Å². The summed E-state index contributed by atoms with van der Waals surface area (Å²) in [6.07, 6.45) is 0.255. The summed E-state index contributed by atoms with van der Waals surface area (Å²) >= 11 is 0. The quantitative estimate of drug-likeness (QED) is 0.779. The Bertz CT molecular complexity index is 733. The first kappa shape index (κ1) is 17.5. The Hall–Kier alpha value is -2.37. The molecule has 0 bridgehead atoms. The van der Waals surface area contributed by atoms with Gasteiger partial charge >= 0.3 is 0 Å². The molecule has 0 saturated carbocycles. The Balaban J connectivity index is 1.61. The molecule has 1 aliphatic heterocycles. The van der Waals surface area contributed by atoms with Gasteiger partial charge in [-0.3, -0.25) is 9.69 Å². The smallest absolute Gasteiger partial charge is 0.255 e. The number of phenols is 1. The molecule has 2 atom stereocenters. The molecule has 0 radical (unpaired) electrons. The van der Waals surface area contributed by atoms with Crippen molar-refractivity contribution in [1.29, 1.82) is 0 Å². The highest BCUT2D eigenvalue weighted by atomic mass is 16.3. The second-order valence-electron chi connectivity index (χ2n) is 6.69. The summed E-state index contributed by atoms with van der Waals surface area (Å²) < 4.78 is 0. The molecule has 25 heavy (non-hydrogen) atoms. The van der Waals surface area contributed by atoms with E-state index in [2.05, 4.69) is 22.3 Å². The largest absolute Gasteiger partial charge is 0.507 e. The SMILES string of the molecule is Cc1ccc(C(=O)NC[C@@H]2C[C@H](O)CN2Cc2ccccc2)c(O)c1. The summed E-state index contributed by atoms with van der Waals surface area (Å²) in [4.78, 5) is 14.5. The van der Waals surface area contributed by atoms with Gasteiger partial charge in [0.1, 0.15) is 5.75 Å². The molecule has 0 unspecified atom stereocenters. The van der Waals surface area contributed by atoms with Gasteiger partial charge in [-0.25, -0.2) is 0 Å². The molecule has 1 amide bonds. The van der Waals surface area contributed by atoms with Gasteiger partial charge in [0, 0.05) is 25.7 Å². The van der Waals surface area contributed by atoms with Crippen LogP contribution >= 0.6 is 0 Å². The van der Waals surface area contributed by atoms with Gasteiger partial charge in [-0.15, -0.1) is 0 Å². The Morgan fingerprint density at radius 1 is 1.24 bits per heavy atom. The minimum absolute atomic E-state index is 0.00917. The molecular formula is C20H24N2O3. The summed E-state index contributed by atoms with van der Waals surface area (Å²) in [6, 6.07) is 15.2. The fourth-order valence-electron chi connectivity index (χ4n) is 3.32. The van der Waals surface area contributed by atoms with Gasteiger partial charge < -0.3 is 15.5 Å². The van der Waals surface area contributed by atoms with Crippen molar-refractivity contribution in [3.05, 3.63) is 65.2 Å². The lowest BCUT2D eigenvalue weighted by Crippen LogP contribution is -2.39. The first-order chi connectivity index (χ1) is 12.0. The van der Waals surface area contributed by atoms with Crippen molar-refractivity contribution in [3.63, 3.8) is 0 Å². The summed E-state index contributed by atoms with van der Waals surface area (Å²) in [7, 11) is 0. The fourth-order valence-corrected chi connectivity index (χ4v) is 3.32. The summed E-state index contributed by atoms with van der Waals surface area (Å²) in [5, 5.41) is 22.8. The van der Waals surface area contributed by atoms with Crippen LogP contribution in [0.2, 0.25) is 0 Å². The molecule has 3 N–H and O–H groups in total. The number of aryl methyl sites for hydroxylation is 1. The Morgan fingerprint density at radius 3 is 2.72 bits per heavy atom. The number of nitrogens with zero attached hydrogens (tertiary/aromatic N) is 1. The zero-order valence-electron chi connectivity index (χ0n) is 14.4. The number of hydrogen-bond donors (Lipinski definition) is 3. The summed E-state index contributed by atoms with van der Waals surface area (Å²) in [5.74, 6) is -0.302. The van der Waals surface area contributed by atoms with E-state index in [1.165, 1.54) is 5.56 Å². The average molecular weight is 340 g/mol. The minimum Gasteiger partial charge on any atom is -0.507 e. The number of carbonyl (C=O) groups excluding carboxylic acids is 1. The molecule has 2 aromatic rings. The predicted octanol–water partition coefficient (Wildman–Crippen LogP) is 2.07. The van der Waals surface area contributed by atoms with E-state index in [0.29, 0.717) is 19.5 Å². The van der Waals surface area contributed by atoms with Gasteiger partial charge in [-0.2, -0.15) is 0 Å². The molecule has 3 rings (SSSR count). The molecule has 132 valence electrons. The maximum Gasteiger partial charge on any atom is 0.255 e. The van der Waals surface area contributed by atoms with Gasteiger partial charge in [0.15, 0.2) is 0 Å². The van der Waals surface area contributed by atoms with E-state index in [9.17, 15) is 15.0 Å². The number of aliphatic hydroxyl groups is 1. The highest BCUT2D eigenvalue weighted by Crippen LogP contribution is 2.21. The van der Waals surface area contributed by atoms with Gasteiger partial charge in [-0.1, -0.05) is 36.4 Å². The number of rotatable bonds is 5. The van der Waals surface area contributed by atoms with Crippen LogP contribution in [-0.2, 0) is 6.54 Å². The molecule has 1 saturated heterocycles. The minimum atomic E-state index is -0.376. The number of β-amino-alcohol motifs (C(OH)–C–C–N with tert-alkyl or cyclic N) is 1. The lowest BCUT2D eigenvalue weighted by Gasteiger charge is -2.24. The van der Waals surface area contributed by atoms with Crippen LogP contribution in [0.15, 0.2) is 48.5 Å². The summed E-state index contributed by atoms with van der Waals surface area (Å²) in [6.45, 7) is 3.65. The third-order valence-corrected chi connectivity index (χ3v) is 4.63. The van der Waals surface area contributed by atoms with E-state index in [-0.39, 0.29) is 29.4 Å². The number of likely N-dealkylation sites (tertiary alicyclic amines) is 1. The number of aromatic hydroxyl groups is 1. The van der Waals surface area contributed by atoms with Crippen molar-refractivity contribution in [2.45, 2.75) is 32.0 Å². The number of nitrogens with one attached hydrogen (secondary N) is 1. The standard InChI is InChI=1S/C20H24N2O3/c1-14-7-8-18(19(24)9-14)20(25)21-11-16-10-17(23)13-22(16)12-15-5-3-2-4-6-15/h2-9,16-17,23-24H,10-13H2,1H3,(H,21,25)/t16-,17-/m0/s1. The number of aliphatic hydroxyl groups excluding tert-OH is 1. The van der Waals surface area contributed by atoms with E-state index in [0.717, 1.165) is 12.1 Å². The van der Waals surface area contributed by atoms with E-state index in [4.69, 9.17) is 0 Å². The molecule has 1 aliphatic rings. The molecular weight excluding hydrogens is 316 g/mol. The van der Waals surface area contributed by atoms with Crippen LogP contribution < -0.4 is 5.32 Å². The third-order valence-electron chi connectivity index (χ3n) is 4.63. The Kier molecular flexibility index (Phi) is 5.36. The highest BCUT2D eigenvalue weighted by molar-refractivity contribution is 5.96. The van der Waals surface area contributed by atoms with Crippen molar-refractivity contribution >= 4 is 5.91 Å². The van der Waals surface area contributed by atoms with Gasteiger partial charge in [0.05, 0.1) is 11.7 Å². The fraction of sp³-hybridized carbons (Fsp3) is 0.350. The first-order valence-corrected chi connectivity index (χ1v) is 8.57. The third kappa shape index (κ3) is 4.38. The van der Waals surface area contributed by atoms with Crippen LogP contribution in [0.25, 0.3) is 0 Å². The maximum absolute atomic E-state index is 12.3. The lowest BCUT2D eigenvalue weighted by molar-refractivity contribution is 0.0937. The van der Waals surface area contributed by atoms with Crippen molar-refractivity contribution in [2.24, 2.45) is 0 Å². The second kappa shape index (κ2) is 7.68. The zero-order valence-corrected chi connectivity index (χ0v) is 14.4. The van der Waals surface area contributed by atoms with E-state index in [1.54, 1.807) is 18.2 Å². The molecule has 2 aromatic carbocycles. The number of phenolic OH excluding ortho intramolecular Hbond substituents is 1. The van der Waals surface area contributed by atoms with Crippen LogP contribution in [0.5, 0.6) is 5.75 Å². The number of hydrogen-bond acceptors (Lipinski definition) is 4. The topological polar surface area (TPSA) is 72.8 Å². The van der Waals surface area contributed by atoms with Crippen LogP contribution in [0.1, 0.15) is 27.9 Å². The first-order valence-electron chi connectivity index (χ1n) is 8.57. The van der Waals surface area contributed by atoms with Gasteiger partial charge in [0.2, 0.25) is 0 Å². The second-order valence-corrected chi connectivity index (χ2v) is 6.69. The predicted molar refractivity (Wildman–Crippen MR) is 96.4 cm³/mol. The number of amides is 1.